The number of methoxy groups -OCH3 is 1. The first-order valence-corrected chi connectivity index (χ1v) is 6.96. The van der Waals surface area contributed by atoms with E-state index >= 15 is 0 Å². The number of halogens is 1. The van der Waals surface area contributed by atoms with Crippen molar-refractivity contribution in [2.45, 2.75) is 31.6 Å². The lowest BCUT2D eigenvalue weighted by Crippen LogP contribution is -2.13. The third-order valence-electron chi connectivity index (χ3n) is 3.44. The van der Waals surface area contributed by atoms with E-state index in [2.05, 4.69) is 15.3 Å². The third-order valence-corrected chi connectivity index (χ3v) is 3.80. The van der Waals surface area contributed by atoms with Crippen LogP contribution in [0.1, 0.15) is 47.9 Å². The summed E-state index contributed by atoms with van der Waals surface area (Å²) in [5, 5.41) is 3.49. The Morgan fingerprint density at radius 1 is 1.37 bits per heavy atom. The van der Waals surface area contributed by atoms with Gasteiger partial charge in [-0.15, -0.1) is 0 Å². The van der Waals surface area contributed by atoms with Crippen LogP contribution in [0.2, 0.25) is 5.02 Å². The molecule has 0 aliphatic heterocycles. The third kappa shape index (κ3) is 2.81. The molecule has 0 radical (unpaired) electrons. The highest BCUT2D eigenvalue weighted by molar-refractivity contribution is 6.35. The molecule has 2 fully saturated rings. The second-order valence-corrected chi connectivity index (χ2v) is 5.56. The average Bonchev–Trinajstić information content (AvgIpc) is 3.29. The number of anilines is 1. The van der Waals surface area contributed by atoms with Crippen LogP contribution in [-0.4, -0.2) is 29.6 Å². The molecule has 0 saturated heterocycles. The van der Waals surface area contributed by atoms with Gasteiger partial charge in [0, 0.05) is 12.5 Å². The van der Waals surface area contributed by atoms with Gasteiger partial charge in [-0.1, -0.05) is 11.6 Å². The maximum absolute atomic E-state index is 11.7. The van der Waals surface area contributed by atoms with E-state index in [0.717, 1.165) is 19.4 Å². The predicted octanol–water partition coefficient (Wildman–Crippen LogP) is 2.62. The van der Waals surface area contributed by atoms with Crippen molar-refractivity contribution in [3.8, 4) is 0 Å². The molecule has 2 aliphatic rings. The Morgan fingerprint density at radius 3 is 2.68 bits per heavy atom. The Hall–Kier alpha value is -1.36. The van der Waals surface area contributed by atoms with Crippen LogP contribution in [0.25, 0.3) is 0 Å². The van der Waals surface area contributed by atoms with Crippen LogP contribution in [0.5, 0.6) is 0 Å². The molecule has 0 amide bonds. The lowest BCUT2D eigenvalue weighted by molar-refractivity contribution is 0.0593. The number of rotatable bonds is 5. The van der Waals surface area contributed by atoms with E-state index in [9.17, 15) is 4.79 Å². The van der Waals surface area contributed by atoms with Gasteiger partial charge in [0.15, 0.2) is 5.69 Å². The van der Waals surface area contributed by atoms with Gasteiger partial charge in [-0.2, -0.15) is 0 Å². The van der Waals surface area contributed by atoms with E-state index in [1.54, 1.807) is 0 Å². The number of hydrogen-bond acceptors (Lipinski definition) is 5. The van der Waals surface area contributed by atoms with Crippen molar-refractivity contribution in [3.63, 3.8) is 0 Å². The van der Waals surface area contributed by atoms with Crippen molar-refractivity contribution in [3.05, 3.63) is 16.5 Å². The zero-order valence-electron chi connectivity index (χ0n) is 10.8. The molecule has 0 spiro atoms. The molecule has 2 aliphatic carbocycles. The van der Waals surface area contributed by atoms with E-state index in [4.69, 9.17) is 16.3 Å². The molecular weight excluding hydrogens is 266 g/mol. The van der Waals surface area contributed by atoms with Gasteiger partial charge in [0.2, 0.25) is 0 Å². The van der Waals surface area contributed by atoms with Gasteiger partial charge in [-0.3, -0.25) is 0 Å². The number of ether oxygens (including phenoxy) is 1. The fourth-order valence-electron chi connectivity index (χ4n) is 1.90. The topological polar surface area (TPSA) is 64.1 Å². The zero-order chi connectivity index (χ0) is 13.4. The molecule has 19 heavy (non-hydrogen) atoms. The van der Waals surface area contributed by atoms with Crippen LogP contribution in [0.15, 0.2) is 0 Å². The first kappa shape index (κ1) is 12.7. The molecular formula is C13H16ClN3O2. The summed E-state index contributed by atoms with van der Waals surface area (Å²) in [5.41, 5.74) is 0.166. The van der Waals surface area contributed by atoms with Gasteiger partial charge in [-0.25, -0.2) is 14.8 Å². The van der Waals surface area contributed by atoms with Gasteiger partial charge in [0.05, 0.1) is 7.11 Å². The molecule has 3 rings (SSSR count). The van der Waals surface area contributed by atoms with Gasteiger partial charge in [0.25, 0.3) is 0 Å². The van der Waals surface area contributed by atoms with Crippen LogP contribution in [0.4, 0.5) is 5.82 Å². The zero-order valence-corrected chi connectivity index (χ0v) is 11.5. The summed E-state index contributed by atoms with van der Waals surface area (Å²) < 4.78 is 4.72. The number of carbonyl (C=O) groups is 1. The number of nitrogens with zero attached hydrogens (tertiary/aromatic N) is 2. The van der Waals surface area contributed by atoms with E-state index in [1.165, 1.54) is 20.0 Å². The predicted molar refractivity (Wildman–Crippen MR) is 71.6 cm³/mol. The molecule has 5 nitrogen and oxygen atoms in total. The van der Waals surface area contributed by atoms with Crippen LogP contribution in [0.3, 0.4) is 0 Å². The molecule has 0 unspecified atom stereocenters. The van der Waals surface area contributed by atoms with E-state index in [-0.39, 0.29) is 10.7 Å². The van der Waals surface area contributed by atoms with E-state index < -0.39 is 5.97 Å². The summed E-state index contributed by atoms with van der Waals surface area (Å²) in [4.78, 5) is 20.4. The quantitative estimate of drug-likeness (QED) is 0.841. The maximum atomic E-state index is 11.7. The highest BCUT2D eigenvalue weighted by atomic mass is 35.5. The molecule has 1 N–H and O–H groups in total. The van der Waals surface area contributed by atoms with Crippen LogP contribution in [-0.2, 0) is 4.74 Å². The Kier molecular flexibility index (Phi) is 3.31. The Morgan fingerprint density at radius 2 is 2.11 bits per heavy atom. The molecule has 1 aromatic rings. The van der Waals surface area contributed by atoms with Crippen molar-refractivity contribution in [2.24, 2.45) is 5.92 Å². The summed E-state index contributed by atoms with van der Waals surface area (Å²) in [7, 11) is 1.33. The summed E-state index contributed by atoms with van der Waals surface area (Å²) in [6, 6.07) is 0. The number of nitrogens with one attached hydrogen (secondary N) is 1. The van der Waals surface area contributed by atoms with Crippen LogP contribution in [0, 0.1) is 5.92 Å². The van der Waals surface area contributed by atoms with Crippen molar-refractivity contribution in [1.29, 1.82) is 0 Å². The molecule has 1 heterocycles. The molecule has 1 aromatic heterocycles. The minimum atomic E-state index is -0.510. The highest BCUT2D eigenvalue weighted by Gasteiger charge is 2.30. The number of carbonyl (C=O) groups excluding carboxylic acids is 1. The highest BCUT2D eigenvalue weighted by Crippen LogP contribution is 2.40. The minimum Gasteiger partial charge on any atom is -0.464 e. The molecule has 6 heteroatoms. The number of aromatic nitrogens is 2. The summed E-state index contributed by atoms with van der Waals surface area (Å²) in [6.07, 6.45) is 4.64. The fourth-order valence-corrected chi connectivity index (χ4v) is 2.13. The van der Waals surface area contributed by atoms with Gasteiger partial charge >= 0.3 is 5.97 Å². The maximum Gasteiger partial charge on any atom is 0.358 e. The normalized spacial score (nSPS) is 18.2. The fraction of sp³-hybridized carbons (Fsp3) is 0.615. The minimum absolute atomic E-state index is 0.166. The molecule has 102 valence electrons. The largest absolute Gasteiger partial charge is 0.464 e. The molecule has 0 atom stereocenters. The van der Waals surface area contributed by atoms with Gasteiger partial charge in [-0.05, 0) is 31.6 Å². The van der Waals surface area contributed by atoms with Crippen LogP contribution < -0.4 is 5.32 Å². The molecule has 2 saturated carbocycles. The Balaban J connectivity index is 1.90. The van der Waals surface area contributed by atoms with Crippen molar-refractivity contribution < 1.29 is 9.53 Å². The van der Waals surface area contributed by atoms with Crippen LogP contribution >= 0.6 is 11.6 Å². The Bertz CT molecular complexity index is 513. The SMILES string of the molecule is COC(=O)c1nc(C2CC2)nc(NCC2CC2)c1Cl. The second kappa shape index (κ2) is 4.96. The standard InChI is InChI=1S/C13H16ClN3O2/c1-19-13(18)10-9(14)12(15-6-7-2-3-7)17-11(16-10)8-4-5-8/h7-8H,2-6H2,1H3,(H,15,16,17). The van der Waals surface area contributed by atoms with Gasteiger partial charge in [0.1, 0.15) is 16.7 Å². The second-order valence-electron chi connectivity index (χ2n) is 5.18. The smallest absolute Gasteiger partial charge is 0.358 e. The molecule has 0 aromatic carbocycles. The monoisotopic (exact) mass is 281 g/mol. The first-order valence-electron chi connectivity index (χ1n) is 6.58. The van der Waals surface area contributed by atoms with Crippen molar-refractivity contribution in [1.82, 2.24) is 9.97 Å². The Labute approximate surface area is 116 Å². The van der Waals surface area contributed by atoms with Gasteiger partial charge < -0.3 is 10.1 Å². The molecule has 0 bridgehead atoms. The average molecular weight is 282 g/mol. The van der Waals surface area contributed by atoms with E-state index in [0.29, 0.717) is 23.5 Å². The lowest BCUT2D eigenvalue weighted by Gasteiger charge is -2.11. The van der Waals surface area contributed by atoms with Crippen molar-refractivity contribution in [2.75, 3.05) is 19.0 Å². The number of hydrogen-bond donors (Lipinski definition) is 1. The summed E-state index contributed by atoms with van der Waals surface area (Å²) >= 11 is 6.20. The lowest BCUT2D eigenvalue weighted by atomic mass is 10.3. The number of esters is 1. The first-order chi connectivity index (χ1) is 9.19. The summed E-state index contributed by atoms with van der Waals surface area (Å²) in [6.45, 7) is 0.849. The van der Waals surface area contributed by atoms with Crippen molar-refractivity contribution >= 4 is 23.4 Å². The van der Waals surface area contributed by atoms with E-state index in [1.807, 2.05) is 0 Å². The summed E-state index contributed by atoms with van der Waals surface area (Å²) in [5.74, 6) is 1.82.